The summed E-state index contributed by atoms with van der Waals surface area (Å²) in [5.74, 6) is -2.44. The molecule has 0 spiro atoms. The molecule has 6 heteroatoms. The standard InChI is InChI=1S/C17H20F2N2O2/c18-14-6-11(21-8-10(20)9-21)7-15(19)17(14)13-5-4-12(22)2-1-3-16(13)23/h6-7,10,13H,1-5,8-9,20H2. The number of carbonyl (C=O) groups excluding carboxylic acids is 2. The van der Waals surface area contributed by atoms with E-state index < -0.39 is 17.6 Å². The Hall–Kier alpha value is -1.82. The van der Waals surface area contributed by atoms with Gasteiger partial charge in [0.25, 0.3) is 0 Å². The molecule has 23 heavy (non-hydrogen) atoms. The molecule has 2 fully saturated rings. The third-order valence-corrected chi connectivity index (χ3v) is 4.67. The lowest BCUT2D eigenvalue weighted by Crippen LogP contribution is -2.55. The van der Waals surface area contributed by atoms with E-state index in [4.69, 9.17) is 5.73 Å². The van der Waals surface area contributed by atoms with E-state index in [9.17, 15) is 18.4 Å². The van der Waals surface area contributed by atoms with E-state index in [1.165, 1.54) is 12.1 Å². The first-order chi connectivity index (χ1) is 11.0. The summed E-state index contributed by atoms with van der Waals surface area (Å²) >= 11 is 0. The highest BCUT2D eigenvalue weighted by Gasteiger charge is 2.31. The van der Waals surface area contributed by atoms with E-state index in [-0.39, 0.29) is 42.4 Å². The Bertz CT molecular complexity index is 618. The van der Waals surface area contributed by atoms with Crippen molar-refractivity contribution in [3.05, 3.63) is 29.3 Å². The second-order valence-corrected chi connectivity index (χ2v) is 6.44. The fourth-order valence-electron chi connectivity index (χ4n) is 3.34. The maximum absolute atomic E-state index is 14.5. The third-order valence-electron chi connectivity index (χ3n) is 4.67. The summed E-state index contributed by atoms with van der Waals surface area (Å²) in [6.45, 7) is 1.13. The van der Waals surface area contributed by atoms with Crippen LogP contribution in [-0.4, -0.2) is 30.7 Å². The topological polar surface area (TPSA) is 63.4 Å². The molecule has 2 aliphatic rings. The Morgan fingerprint density at radius 3 is 2.30 bits per heavy atom. The Balaban J connectivity index is 1.88. The van der Waals surface area contributed by atoms with Crippen LogP contribution in [0.3, 0.4) is 0 Å². The van der Waals surface area contributed by atoms with Gasteiger partial charge in [-0.25, -0.2) is 8.78 Å². The molecule has 1 unspecified atom stereocenters. The minimum Gasteiger partial charge on any atom is -0.368 e. The van der Waals surface area contributed by atoms with Gasteiger partial charge in [0, 0.05) is 55.6 Å². The van der Waals surface area contributed by atoms with Gasteiger partial charge in [0.15, 0.2) is 0 Å². The highest BCUT2D eigenvalue weighted by molar-refractivity contribution is 5.89. The van der Waals surface area contributed by atoms with Gasteiger partial charge in [0.2, 0.25) is 0 Å². The van der Waals surface area contributed by atoms with E-state index in [0.717, 1.165) is 0 Å². The predicted octanol–water partition coefficient (Wildman–Crippen LogP) is 2.30. The zero-order chi connectivity index (χ0) is 16.6. The van der Waals surface area contributed by atoms with E-state index in [2.05, 4.69) is 0 Å². The van der Waals surface area contributed by atoms with Gasteiger partial charge in [-0.3, -0.25) is 9.59 Å². The molecule has 1 saturated carbocycles. The van der Waals surface area contributed by atoms with Gasteiger partial charge < -0.3 is 10.6 Å². The third kappa shape index (κ3) is 3.27. The fraction of sp³-hybridized carbons (Fsp3) is 0.529. The molecule has 3 rings (SSSR count). The number of Topliss-reactive ketones (excluding diaryl/α,β-unsaturated/α-hetero) is 2. The van der Waals surface area contributed by atoms with Crippen LogP contribution in [0, 0.1) is 11.6 Å². The molecule has 124 valence electrons. The van der Waals surface area contributed by atoms with Crippen LogP contribution in [0.4, 0.5) is 14.5 Å². The summed E-state index contributed by atoms with van der Waals surface area (Å²) in [6, 6.07) is 2.55. The molecule has 1 aliphatic heterocycles. The van der Waals surface area contributed by atoms with E-state index >= 15 is 0 Å². The van der Waals surface area contributed by atoms with Crippen LogP contribution in [0.15, 0.2) is 12.1 Å². The van der Waals surface area contributed by atoms with E-state index in [1.807, 2.05) is 0 Å². The van der Waals surface area contributed by atoms with Crippen molar-refractivity contribution >= 4 is 17.3 Å². The number of nitrogens with two attached hydrogens (primary N) is 1. The van der Waals surface area contributed by atoms with Gasteiger partial charge in [-0.05, 0) is 25.0 Å². The lowest BCUT2D eigenvalue weighted by atomic mass is 9.84. The number of benzene rings is 1. The average Bonchev–Trinajstić information content (AvgIpc) is 2.44. The molecule has 0 radical (unpaired) electrons. The molecule has 0 bridgehead atoms. The van der Waals surface area contributed by atoms with Crippen LogP contribution >= 0.6 is 0 Å². The quantitative estimate of drug-likeness (QED) is 0.907. The summed E-state index contributed by atoms with van der Waals surface area (Å²) < 4.78 is 29.0. The Labute approximate surface area is 133 Å². The molecule has 4 nitrogen and oxygen atoms in total. The number of hydrogen-bond acceptors (Lipinski definition) is 4. The van der Waals surface area contributed by atoms with Crippen molar-refractivity contribution in [1.29, 1.82) is 0 Å². The van der Waals surface area contributed by atoms with Gasteiger partial charge >= 0.3 is 0 Å². The first kappa shape index (κ1) is 16.1. The number of anilines is 1. The fourth-order valence-corrected chi connectivity index (χ4v) is 3.34. The first-order valence-corrected chi connectivity index (χ1v) is 7.99. The zero-order valence-electron chi connectivity index (χ0n) is 12.9. The van der Waals surface area contributed by atoms with E-state index in [1.54, 1.807) is 4.90 Å². The van der Waals surface area contributed by atoms with Gasteiger partial charge in [-0.1, -0.05) is 0 Å². The minimum absolute atomic E-state index is 0.0268. The lowest BCUT2D eigenvalue weighted by molar-refractivity contribution is -0.123. The summed E-state index contributed by atoms with van der Waals surface area (Å²) in [5, 5.41) is 0. The van der Waals surface area contributed by atoms with Gasteiger partial charge in [0.05, 0.1) is 0 Å². The average molecular weight is 322 g/mol. The maximum Gasteiger partial charge on any atom is 0.140 e. The van der Waals surface area contributed by atoms with Crippen molar-refractivity contribution in [2.45, 2.75) is 44.1 Å². The number of rotatable bonds is 2. The molecule has 1 atom stereocenters. The van der Waals surface area contributed by atoms with Crippen LogP contribution in [0.5, 0.6) is 0 Å². The van der Waals surface area contributed by atoms with Crippen LogP contribution in [0.25, 0.3) is 0 Å². The summed E-state index contributed by atoms with van der Waals surface area (Å²) in [4.78, 5) is 25.6. The van der Waals surface area contributed by atoms with Crippen LogP contribution < -0.4 is 10.6 Å². The van der Waals surface area contributed by atoms with Crippen molar-refractivity contribution in [1.82, 2.24) is 0 Å². The summed E-state index contributed by atoms with van der Waals surface area (Å²) in [5.41, 5.74) is 5.93. The minimum atomic E-state index is -0.869. The monoisotopic (exact) mass is 322 g/mol. The van der Waals surface area contributed by atoms with Gasteiger partial charge in [-0.15, -0.1) is 0 Å². The molecule has 1 aliphatic carbocycles. The normalized spacial score (nSPS) is 23.4. The number of carbonyl (C=O) groups is 2. The molecule has 0 amide bonds. The second-order valence-electron chi connectivity index (χ2n) is 6.44. The van der Waals surface area contributed by atoms with Gasteiger partial charge in [0.1, 0.15) is 23.2 Å². The Morgan fingerprint density at radius 2 is 1.70 bits per heavy atom. The van der Waals surface area contributed by atoms with Crippen molar-refractivity contribution in [2.75, 3.05) is 18.0 Å². The molecule has 1 saturated heterocycles. The molecule has 1 heterocycles. The largest absolute Gasteiger partial charge is 0.368 e. The van der Waals surface area contributed by atoms with Crippen LogP contribution in [0.2, 0.25) is 0 Å². The maximum atomic E-state index is 14.5. The molecular formula is C17H20F2N2O2. The molecule has 2 N–H and O–H groups in total. The molecule has 1 aromatic carbocycles. The smallest absolute Gasteiger partial charge is 0.140 e. The van der Waals surface area contributed by atoms with Gasteiger partial charge in [-0.2, -0.15) is 0 Å². The summed E-state index contributed by atoms with van der Waals surface area (Å²) in [7, 11) is 0. The van der Waals surface area contributed by atoms with Crippen LogP contribution in [-0.2, 0) is 9.59 Å². The van der Waals surface area contributed by atoms with Crippen molar-refractivity contribution < 1.29 is 18.4 Å². The highest BCUT2D eigenvalue weighted by atomic mass is 19.1. The highest BCUT2D eigenvalue weighted by Crippen LogP contribution is 2.34. The molecule has 0 aromatic heterocycles. The molecule has 1 aromatic rings. The Morgan fingerprint density at radius 1 is 1.04 bits per heavy atom. The number of nitrogens with zero attached hydrogens (tertiary/aromatic N) is 1. The van der Waals surface area contributed by atoms with Crippen molar-refractivity contribution in [3.8, 4) is 0 Å². The number of halogens is 2. The number of ketones is 2. The lowest BCUT2D eigenvalue weighted by Gasteiger charge is -2.39. The van der Waals surface area contributed by atoms with Crippen molar-refractivity contribution in [3.63, 3.8) is 0 Å². The second kappa shape index (κ2) is 6.35. The molecular weight excluding hydrogens is 302 g/mol. The Kier molecular flexibility index (Phi) is 4.43. The first-order valence-electron chi connectivity index (χ1n) is 7.99. The predicted molar refractivity (Wildman–Crippen MR) is 82.4 cm³/mol. The zero-order valence-corrected chi connectivity index (χ0v) is 12.9. The number of hydrogen-bond donors (Lipinski definition) is 1. The van der Waals surface area contributed by atoms with Crippen LogP contribution in [0.1, 0.15) is 43.6 Å². The van der Waals surface area contributed by atoms with E-state index in [0.29, 0.717) is 31.6 Å². The van der Waals surface area contributed by atoms with Crippen molar-refractivity contribution in [2.24, 2.45) is 5.73 Å². The summed E-state index contributed by atoms with van der Waals surface area (Å²) in [6.07, 6.45) is 1.40. The SMILES string of the molecule is NC1CN(c2cc(F)c(C3CCC(=O)CCCC3=O)c(F)c2)C1.